The average Bonchev–Trinajstić information content (AvgIpc) is 3.00. The first-order valence-electron chi connectivity index (χ1n) is 6.51. The highest BCUT2D eigenvalue weighted by Gasteiger charge is 2.11. The van der Waals surface area contributed by atoms with Crippen molar-refractivity contribution >= 4 is 23.1 Å². The minimum absolute atomic E-state index is 0.267. The molecule has 0 spiro atoms. The standard InChI is InChI=1S/C15H18N2O3S/c1-19-13-5-3-4-12(14(13)20-2)17-15(18)16-8-6-11-7-9-21-10-11/h3-5,7,9-10H,6,8H2,1-2H3,(H2,16,17,18). The molecule has 0 aliphatic heterocycles. The summed E-state index contributed by atoms with van der Waals surface area (Å²) in [5, 5.41) is 9.68. The van der Waals surface area contributed by atoms with Crippen LogP contribution < -0.4 is 20.1 Å². The number of hydrogen-bond acceptors (Lipinski definition) is 4. The maximum Gasteiger partial charge on any atom is 0.319 e. The third kappa shape index (κ3) is 4.13. The quantitative estimate of drug-likeness (QED) is 0.862. The Hall–Kier alpha value is -2.21. The average molecular weight is 306 g/mol. The summed E-state index contributed by atoms with van der Waals surface area (Å²) in [6.07, 6.45) is 0.812. The van der Waals surface area contributed by atoms with Crippen LogP contribution in [-0.2, 0) is 6.42 Å². The van der Waals surface area contributed by atoms with E-state index < -0.39 is 0 Å². The molecule has 112 valence electrons. The lowest BCUT2D eigenvalue weighted by Crippen LogP contribution is -2.30. The minimum Gasteiger partial charge on any atom is -0.493 e. The predicted molar refractivity (Wildman–Crippen MR) is 84.6 cm³/mol. The zero-order valence-corrected chi connectivity index (χ0v) is 12.8. The zero-order chi connectivity index (χ0) is 15.1. The van der Waals surface area contributed by atoms with E-state index in [1.807, 2.05) is 5.38 Å². The van der Waals surface area contributed by atoms with Crippen molar-refractivity contribution in [2.45, 2.75) is 6.42 Å². The van der Waals surface area contributed by atoms with Crippen molar-refractivity contribution in [1.82, 2.24) is 5.32 Å². The summed E-state index contributed by atoms with van der Waals surface area (Å²) in [6, 6.07) is 7.12. The molecule has 0 aliphatic carbocycles. The molecular formula is C15H18N2O3S. The molecule has 0 radical (unpaired) electrons. The van der Waals surface area contributed by atoms with Crippen LogP contribution in [0.2, 0.25) is 0 Å². The van der Waals surface area contributed by atoms with Crippen LogP contribution >= 0.6 is 11.3 Å². The molecule has 2 N–H and O–H groups in total. The van der Waals surface area contributed by atoms with Gasteiger partial charge in [0.25, 0.3) is 0 Å². The van der Waals surface area contributed by atoms with E-state index in [4.69, 9.17) is 9.47 Å². The minimum atomic E-state index is -0.267. The van der Waals surface area contributed by atoms with Gasteiger partial charge in [0, 0.05) is 6.54 Å². The van der Waals surface area contributed by atoms with Gasteiger partial charge >= 0.3 is 6.03 Å². The van der Waals surface area contributed by atoms with Crippen molar-refractivity contribution in [1.29, 1.82) is 0 Å². The maximum atomic E-state index is 11.9. The fraction of sp³-hybridized carbons (Fsp3) is 0.267. The number of anilines is 1. The molecule has 2 aromatic rings. The molecular weight excluding hydrogens is 288 g/mol. The van der Waals surface area contributed by atoms with Crippen LogP contribution in [0, 0.1) is 0 Å². The smallest absolute Gasteiger partial charge is 0.319 e. The second kappa shape index (κ2) is 7.54. The Morgan fingerprint density at radius 2 is 2.10 bits per heavy atom. The molecule has 0 unspecified atom stereocenters. The summed E-state index contributed by atoms with van der Waals surface area (Å²) in [5.74, 6) is 1.08. The highest BCUT2D eigenvalue weighted by atomic mass is 32.1. The number of nitrogens with one attached hydrogen (secondary N) is 2. The van der Waals surface area contributed by atoms with Crippen LogP contribution in [0.15, 0.2) is 35.0 Å². The second-order valence-corrected chi connectivity index (χ2v) is 5.08. The van der Waals surface area contributed by atoms with E-state index in [2.05, 4.69) is 22.1 Å². The fourth-order valence-corrected chi connectivity index (χ4v) is 2.61. The molecule has 1 heterocycles. The number of carbonyl (C=O) groups excluding carboxylic acids is 1. The van der Waals surface area contributed by atoms with Crippen molar-refractivity contribution in [3.8, 4) is 11.5 Å². The number of amides is 2. The molecule has 0 atom stereocenters. The van der Waals surface area contributed by atoms with Gasteiger partial charge in [0.15, 0.2) is 11.5 Å². The Morgan fingerprint density at radius 1 is 1.24 bits per heavy atom. The first-order chi connectivity index (χ1) is 10.2. The summed E-state index contributed by atoms with van der Waals surface area (Å²) in [4.78, 5) is 11.9. The number of ether oxygens (including phenoxy) is 2. The van der Waals surface area contributed by atoms with E-state index in [9.17, 15) is 4.79 Å². The summed E-state index contributed by atoms with van der Waals surface area (Å²) >= 11 is 1.65. The number of rotatable bonds is 6. The number of para-hydroxylation sites is 1. The number of urea groups is 1. The third-order valence-corrected chi connectivity index (χ3v) is 3.66. The van der Waals surface area contributed by atoms with E-state index >= 15 is 0 Å². The van der Waals surface area contributed by atoms with Crippen molar-refractivity contribution in [3.05, 3.63) is 40.6 Å². The van der Waals surface area contributed by atoms with Gasteiger partial charge in [-0.1, -0.05) is 6.07 Å². The van der Waals surface area contributed by atoms with Crippen molar-refractivity contribution in [2.75, 3.05) is 26.1 Å². The Balaban J connectivity index is 1.90. The lowest BCUT2D eigenvalue weighted by atomic mass is 10.2. The van der Waals surface area contributed by atoms with Crippen molar-refractivity contribution in [3.63, 3.8) is 0 Å². The summed E-state index contributed by atoms with van der Waals surface area (Å²) < 4.78 is 10.5. The van der Waals surface area contributed by atoms with Gasteiger partial charge in [0.1, 0.15) is 0 Å². The number of hydrogen-bond donors (Lipinski definition) is 2. The fourth-order valence-electron chi connectivity index (χ4n) is 1.91. The highest BCUT2D eigenvalue weighted by molar-refractivity contribution is 7.07. The first kappa shape index (κ1) is 15.2. The molecule has 1 aromatic heterocycles. The lowest BCUT2D eigenvalue weighted by molar-refractivity contribution is 0.252. The molecule has 0 saturated heterocycles. The van der Waals surface area contributed by atoms with Crippen LogP contribution in [0.25, 0.3) is 0 Å². The summed E-state index contributed by atoms with van der Waals surface area (Å²) in [6.45, 7) is 0.578. The van der Waals surface area contributed by atoms with E-state index in [1.54, 1.807) is 36.6 Å². The normalized spacial score (nSPS) is 10.0. The second-order valence-electron chi connectivity index (χ2n) is 4.30. The van der Waals surface area contributed by atoms with E-state index in [1.165, 1.54) is 12.7 Å². The van der Waals surface area contributed by atoms with Gasteiger partial charge in [-0.2, -0.15) is 11.3 Å². The van der Waals surface area contributed by atoms with Crippen molar-refractivity contribution in [2.24, 2.45) is 0 Å². The maximum absolute atomic E-state index is 11.9. The zero-order valence-electron chi connectivity index (χ0n) is 12.0. The SMILES string of the molecule is COc1cccc(NC(=O)NCCc2ccsc2)c1OC. The molecule has 0 fully saturated rings. The molecule has 2 amide bonds. The van der Waals surface area contributed by atoms with Gasteiger partial charge in [-0.3, -0.25) is 0 Å². The largest absolute Gasteiger partial charge is 0.493 e. The molecule has 0 bridgehead atoms. The lowest BCUT2D eigenvalue weighted by Gasteiger charge is -2.13. The summed E-state index contributed by atoms with van der Waals surface area (Å²) in [7, 11) is 3.10. The Kier molecular flexibility index (Phi) is 5.45. The number of methoxy groups -OCH3 is 2. The van der Waals surface area contributed by atoms with E-state index in [0.29, 0.717) is 23.7 Å². The summed E-state index contributed by atoms with van der Waals surface area (Å²) in [5.41, 5.74) is 1.80. The van der Waals surface area contributed by atoms with Gasteiger partial charge in [0.2, 0.25) is 0 Å². The van der Waals surface area contributed by atoms with Gasteiger partial charge in [-0.15, -0.1) is 0 Å². The molecule has 6 heteroatoms. The molecule has 1 aromatic carbocycles. The van der Waals surface area contributed by atoms with Gasteiger partial charge < -0.3 is 20.1 Å². The van der Waals surface area contributed by atoms with Crippen LogP contribution in [-0.4, -0.2) is 26.8 Å². The monoisotopic (exact) mass is 306 g/mol. The van der Waals surface area contributed by atoms with Crippen molar-refractivity contribution < 1.29 is 14.3 Å². The van der Waals surface area contributed by atoms with Gasteiger partial charge in [-0.25, -0.2) is 4.79 Å². The topological polar surface area (TPSA) is 59.6 Å². The van der Waals surface area contributed by atoms with E-state index in [-0.39, 0.29) is 6.03 Å². The molecule has 0 saturated carbocycles. The van der Waals surface area contributed by atoms with Gasteiger partial charge in [0.05, 0.1) is 19.9 Å². The Morgan fingerprint density at radius 3 is 2.76 bits per heavy atom. The molecule has 0 aliphatic rings. The van der Waals surface area contributed by atoms with E-state index in [0.717, 1.165) is 6.42 Å². The van der Waals surface area contributed by atoms with Crippen LogP contribution in [0.1, 0.15) is 5.56 Å². The Labute approximate surface area is 127 Å². The van der Waals surface area contributed by atoms with Crippen LogP contribution in [0.3, 0.4) is 0 Å². The molecule has 5 nitrogen and oxygen atoms in total. The highest BCUT2D eigenvalue weighted by Crippen LogP contribution is 2.34. The predicted octanol–water partition coefficient (Wildman–Crippen LogP) is 3.13. The van der Waals surface area contributed by atoms with Crippen LogP contribution in [0.5, 0.6) is 11.5 Å². The van der Waals surface area contributed by atoms with Gasteiger partial charge in [-0.05, 0) is 40.9 Å². The third-order valence-electron chi connectivity index (χ3n) is 2.93. The van der Waals surface area contributed by atoms with Crippen LogP contribution in [0.4, 0.5) is 10.5 Å². The first-order valence-corrected chi connectivity index (χ1v) is 7.45. The Bertz CT molecular complexity index is 585. The molecule has 21 heavy (non-hydrogen) atoms. The number of carbonyl (C=O) groups is 1. The molecule has 2 rings (SSSR count). The number of benzene rings is 1. The number of thiophene rings is 1.